The predicted molar refractivity (Wildman–Crippen MR) is 91.8 cm³/mol. The van der Waals surface area contributed by atoms with Crippen LogP contribution in [0.15, 0.2) is 48.7 Å². The highest BCUT2D eigenvalue weighted by Crippen LogP contribution is 2.26. The molecule has 0 saturated carbocycles. The second kappa shape index (κ2) is 7.25. The highest BCUT2D eigenvalue weighted by atomic mass is 16.2. The number of hydrogen-bond acceptors (Lipinski definition) is 3. The minimum atomic E-state index is -0.351. The summed E-state index contributed by atoms with van der Waals surface area (Å²) in [6, 6.07) is 12.8. The number of pyridine rings is 1. The number of aromatic nitrogens is 1. The molecule has 1 fully saturated rings. The van der Waals surface area contributed by atoms with Crippen LogP contribution in [0.2, 0.25) is 0 Å². The maximum absolute atomic E-state index is 12.3. The molecule has 1 aromatic heterocycles. The third-order valence-corrected chi connectivity index (χ3v) is 4.39. The number of benzene rings is 1. The Kier molecular flexibility index (Phi) is 4.89. The van der Waals surface area contributed by atoms with Crippen LogP contribution in [0.3, 0.4) is 0 Å². The zero-order valence-corrected chi connectivity index (χ0v) is 13.7. The van der Waals surface area contributed by atoms with Gasteiger partial charge >= 0.3 is 6.03 Å². The Hall–Kier alpha value is -2.69. The molecule has 3 amide bonds. The van der Waals surface area contributed by atoms with E-state index in [0.29, 0.717) is 24.6 Å². The number of hydrogen-bond donors (Lipinski definition) is 1. The van der Waals surface area contributed by atoms with E-state index in [1.54, 1.807) is 23.2 Å². The standard InChI is InChI=1S/C19H21N3O2/c1-14-5-4-6-16(13-14)18(23)21-19(24)22-11-8-15(9-12-22)17-7-2-3-10-20-17/h2-7,10,13,15H,8-9,11-12H2,1H3,(H,21,23,24). The molecular weight excluding hydrogens is 302 g/mol. The molecule has 2 heterocycles. The Bertz CT molecular complexity index is 722. The smallest absolute Gasteiger partial charge is 0.324 e. The van der Waals surface area contributed by atoms with Crippen molar-refractivity contribution in [2.45, 2.75) is 25.7 Å². The van der Waals surface area contributed by atoms with Crippen LogP contribution in [0.5, 0.6) is 0 Å². The normalized spacial score (nSPS) is 15.1. The number of amides is 3. The maximum Gasteiger partial charge on any atom is 0.324 e. The summed E-state index contributed by atoms with van der Waals surface area (Å²) in [6.07, 6.45) is 3.53. The first-order chi connectivity index (χ1) is 11.6. The highest BCUT2D eigenvalue weighted by Gasteiger charge is 2.25. The first-order valence-corrected chi connectivity index (χ1v) is 8.21. The lowest BCUT2D eigenvalue weighted by molar-refractivity contribution is 0.0947. The molecule has 1 aliphatic heterocycles. The van der Waals surface area contributed by atoms with E-state index in [0.717, 1.165) is 24.1 Å². The quantitative estimate of drug-likeness (QED) is 0.923. The van der Waals surface area contributed by atoms with Crippen molar-refractivity contribution < 1.29 is 9.59 Å². The molecular formula is C19H21N3O2. The number of imide groups is 1. The van der Waals surface area contributed by atoms with E-state index < -0.39 is 0 Å². The van der Waals surface area contributed by atoms with Gasteiger partial charge in [0.2, 0.25) is 0 Å². The number of rotatable bonds is 2. The van der Waals surface area contributed by atoms with Crippen LogP contribution in [-0.4, -0.2) is 34.9 Å². The largest absolute Gasteiger partial charge is 0.324 e. The number of nitrogens with one attached hydrogen (secondary N) is 1. The molecule has 124 valence electrons. The molecule has 3 rings (SSSR count). The minimum Gasteiger partial charge on any atom is -0.324 e. The van der Waals surface area contributed by atoms with E-state index in [-0.39, 0.29) is 11.9 Å². The fraction of sp³-hybridized carbons (Fsp3) is 0.316. The molecule has 0 unspecified atom stereocenters. The van der Waals surface area contributed by atoms with Crippen molar-refractivity contribution in [3.8, 4) is 0 Å². The van der Waals surface area contributed by atoms with Crippen molar-refractivity contribution >= 4 is 11.9 Å². The van der Waals surface area contributed by atoms with Gasteiger partial charge in [0, 0.05) is 36.5 Å². The van der Waals surface area contributed by atoms with E-state index in [1.807, 2.05) is 37.3 Å². The van der Waals surface area contributed by atoms with Crippen LogP contribution in [0.4, 0.5) is 4.79 Å². The van der Waals surface area contributed by atoms with Crippen LogP contribution < -0.4 is 5.32 Å². The van der Waals surface area contributed by atoms with E-state index in [2.05, 4.69) is 10.3 Å². The Labute approximate surface area is 141 Å². The van der Waals surface area contributed by atoms with E-state index in [9.17, 15) is 9.59 Å². The molecule has 1 saturated heterocycles. The van der Waals surface area contributed by atoms with E-state index in [4.69, 9.17) is 0 Å². The molecule has 0 radical (unpaired) electrons. The van der Waals surface area contributed by atoms with Gasteiger partial charge in [-0.1, -0.05) is 23.8 Å². The van der Waals surface area contributed by atoms with E-state index in [1.165, 1.54) is 0 Å². The van der Waals surface area contributed by atoms with Crippen molar-refractivity contribution in [2.24, 2.45) is 0 Å². The zero-order chi connectivity index (χ0) is 16.9. The average Bonchev–Trinajstić information content (AvgIpc) is 2.62. The van der Waals surface area contributed by atoms with Gasteiger partial charge in [0.25, 0.3) is 5.91 Å². The third kappa shape index (κ3) is 3.79. The summed E-state index contributed by atoms with van der Waals surface area (Å²) in [5.74, 6) is 0.0262. The van der Waals surface area contributed by atoms with Gasteiger partial charge in [-0.3, -0.25) is 15.1 Å². The first-order valence-electron chi connectivity index (χ1n) is 8.21. The van der Waals surface area contributed by atoms with Crippen LogP contribution in [0.25, 0.3) is 0 Å². The maximum atomic E-state index is 12.3. The minimum absolute atomic E-state index is 0.319. The Morgan fingerprint density at radius 2 is 1.92 bits per heavy atom. The monoisotopic (exact) mass is 323 g/mol. The van der Waals surface area contributed by atoms with Gasteiger partial charge in [0.15, 0.2) is 0 Å². The number of likely N-dealkylation sites (tertiary alicyclic amines) is 1. The van der Waals surface area contributed by atoms with Crippen LogP contribution in [0.1, 0.15) is 40.4 Å². The van der Waals surface area contributed by atoms with Gasteiger partial charge < -0.3 is 4.90 Å². The molecule has 5 heteroatoms. The summed E-state index contributed by atoms with van der Waals surface area (Å²) >= 11 is 0. The van der Waals surface area contributed by atoms with Crippen LogP contribution in [-0.2, 0) is 0 Å². The first kappa shape index (κ1) is 16.2. The molecule has 0 bridgehead atoms. The lowest BCUT2D eigenvalue weighted by atomic mass is 9.93. The zero-order valence-electron chi connectivity index (χ0n) is 13.7. The topological polar surface area (TPSA) is 62.3 Å². The SMILES string of the molecule is Cc1cccc(C(=O)NC(=O)N2CCC(c3ccccn3)CC2)c1. The predicted octanol–water partition coefficient (Wildman–Crippen LogP) is 3.12. The summed E-state index contributed by atoms with van der Waals surface area (Å²) in [5, 5.41) is 2.48. The Balaban J connectivity index is 1.55. The second-order valence-corrected chi connectivity index (χ2v) is 6.14. The van der Waals surface area contributed by atoms with Crippen molar-refractivity contribution in [3.63, 3.8) is 0 Å². The summed E-state index contributed by atoms with van der Waals surface area (Å²) in [4.78, 5) is 30.6. The van der Waals surface area contributed by atoms with Crippen molar-refractivity contribution in [2.75, 3.05) is 13.1 Å². The highest BCUT2D eigenvalue weighted by molar-refractivity contribution is 6.04. The number of aryl methyl sites for hydroxylation is 1. The molecule has 0 aliphatic carbocycles. The summed E-state index contributed by atoms with van der Waals surface area (Å²) in [5.41, 5.74) is 2.58. The van der Waals surface area contributed by atoms with Gasteiger partial charge in [-0.05, 0) is 44.0 Å². The van der Waals surface area contributed by atoms with Gasteiger partial charge in [-0.15, -0.1) is 0 Å². The number of urea groups is 1. The third-order valence-electron chi connectivity index (χ3n) is 4.39. The number of carbonyl (C=O) groups excluding carboxylic acids is 2. The fourth-order valence-electron chi connectivity index (χ4n) is 3.03. The molecule has 1 aliphatic rings. The lowest BCUT2D eigenvalue weighted by Gasteiger charge is -2.31. The molecule has 0 spiro atoms. The molecule has 5 nitrogen and oxygen atoms in total. The molecule has 1 N–H and O–H groups in total. The molecule has 1 aromatic carbocycles. The van der Waals surface area contributed by atoms with Gasteiger partial charge in [0.05, 0.1) is 0 Å². The van der Waals surface area contributed by atoms with Crippen molar-refractivity contribution in [1.29, 1.82) is 0 Å². The van der Waals surface area contributed by atoms with Crippen molar-refractivity contribution in [3.05, 3.63) is 65.5 Å². The van der Waals surface area contributed by atoms with E-state index >= 15 is 0 Å². The average molecular weight is 323 g/mol. The fourth-order valence-corrected chi connectivity index (χ4v) is 3.03. The molecule has 0 atom stereocenters. The van der Waals surface area contributed by atoms with Gasteiger partial charge in [-0.25, -0.2) is 4.79 Å². The van der Waals surface area contributed by atoms with Crippen molar-refractivity contribution in [1.82, 2.24) is 15.2 Å². The number of nitrogens with zero attached hydrogens (tertiary/aromatic N) is 2. The number of piperidine rings is 1. The van der Waals surface area contributed by atoms with Gasteiger partial charge in [0.1, 0.15) is 0 Å². The summed E-state index contributed by atoms with van der Waals surface area (Å²) < 4.78 is 0. The lowest BCUT2D eigenvalue weighted by Crippen LogP contribution is -2.46. The molecule has 24 heavy (non-hydrogen) atoms. The van der Waals surface area contributed by atoms with Gasteiger partial charge in [-0.2, -0.15) is 0 Å². The van der Waals surface area contributed by atoms with Crippen LogP contribution in [0, 0.1) is 6.92 Å². The number of carbonyl (C=O) groups is 2. The van der Waals surface area contributed by atoms with Crippen LogP contribution >= 0.6 is 0 Å². The molecule has 2 aromatic rings. The second-order valence-electron chi connectivity index (χ2n) is 6.14. The summed E-state index contributed by atoms with van der Waals surface area (Å²) in [6.45, 7) is 3.18. The summed E-state index contributed by atoms with van der Waals surface area (Å²) in [7, 11) is 0. The Morgan fingerprint density at radius 1 is 1.12 bits per heavy atom. The Morgan fingerprint density at radius 3 is 2.58 bits per heavy atom.